The number of aryl methyl sites for hydroxylation is 1. The first-order valence-corrected chi connectivity index (χ1v) is 9.66. The molecule has 2 saturated heterocycles. The number of anilines is 1. The van der Waals surface area contributed by atoms with Crippen LogP contribution in [0.4, 0.5) is 10.1 Å². The monoisotopic (exact) mass is 374 g/mol. The number of fused-ring (bicyclic) bond motifs is 2. The maximum Gasteiger partial charge on any atom is 0.238 e. The maximum absolute atomic E-state index is 13.3. The van der Waals surface area contributed by atoms with E-state index in [1.54, 1.807) is 19.1 Å². The van der Waals surface area contributed by atoms with Crippen molar-refractivity contribution in [3.05, 3.63) is 29.6 Å². The van der Waals surface area contributed by atoms with Crippen molar-refractivity contribution in [1.29, 1.82) is 0 Å². The fraction of sp³-hybridized carbons (Fsp3) is 0.600. The third-order valence-corrected chi connectivity index (χ3v) is 6.04. The first kappa shape index (κ1) is 18.4. The van der Waals surface area contributed by atoms with Crippen molar-refractivity contribution in [3.63, 3.8) is 0 Å². The number of carbonyl (C=O) groups excluding carboxylic acids is 2. The molecule has 0 aromatic heterocycles. The van der Waals surface area contributed by atoms with Gasteiger partial charge in [-0.2, -0.15) is 0 Å². The Kier molecular flexibility index (Phi) is 4.68. The Morgan fingerprint density at radius 3 is 2.33 bits per heavy atom. The van der Waals surface area contributed by atoms with Crippen LogP contribution in [0.25, 0.3) is 0 Å². The number of hydrogen-bond donors (Lipinski definition) is 2. The summed E-state index contributed by atoms with van der Waals surface area (Å²) in [7, 11) is 0. The molecule has 146 valence electrons. The number of amides is 2. The summed E-state index contributed by atoms with van der Waals surface area (Å²) in [5, 5.41) is 5.96. The van der Waals surface area contributed by atoms with Crippen molar-refractivity contribution in [2.24, 2.45) is 0 Å². The topological polar surface area (TPSA) is 64.7 Å². The highest BCUT2D eigenvalue weighted by Crippen LogP contribution is 2.34. The van der Waals surface area contributed by atoms with Gasteiger partial charge in [-0.15, -0.1) is 0 Å². The Balaban J connectivity index is 1.25. The molecule has 1 aromatic carbocycles. The molecule has 1 aliphatic carbocycles. The fourth-order valence-corrected chi connectivity index (χ4v) is 4.20. The van der Waals surface area contributed by atoms with Gasteiger partial charge < -0.3 is 10.6 Å². The van der Waals surface area contributed by atoms with Gasteiger partial charge in [0.15, 0.2) is 0 Å². The third kappa shape index (κ3) is 4.14. The number of piperazine rings is 1. The standard InChI is InChI=1S/C20H27FN4O2/c1-13-7-14(3-4-17(13)21)22-18(26)11-24-9-16-8-15(24)10-25(16)12-19(27)23-20(2)5-6-20/h3-4,7,15-16H,5-6,8-12H2,1-2H3,(H,22,26)(H,23,27). The molecule has 4 rings (SSSR count). The molecular formula is C20H27FN4O2. The molecule has 2 aliphatic heterocycles. The van der Waals surface area contributed by atoms with Gasteiger partial charge in [0.25, 0.3) is 0 Å². The SMILES string of the molecule is Cc1cc(NC(=O)CN2CC3CC2CN3CC(=O)NC2(C)CC2)ccc1F. The molecule has 2 bridgehead atoms. The molecule has 2 atom stereocenters. The summed E-state index contributed by atoms with van der Waals surface area (Å²) in [5.74, 6) is -0.248. The lowest BCUT2D eigenvalue weighted by molar-refractivity contribution is -0.124. The predicted octanol–water partition coefficient (Wildman–Crippen LogP) is 1.50. The molecule has 1 aromatic rings. The van der Waals surface area contributed by atoms with Crippen LogP contribution in [0.1, 0.15) is 31.7 Å². The van der Waals surface area contributed by atoms with E-state index in [1.807, 2.05) is 0 Å². The molecule has 27 heavy (non-hydrogen) atoms. The molecule has 6 nitrogen and oxygen atoms in total. The lowest BCUT2D eigenvalue weighted by Gasteiger charge is -2.33. The Morgan fingerprint density at radius 2 is 1.78 bits per heavy atom. The molecule has 3 aliphatic rings. The van der Waals surface area contributed by atoms with Gasteiger partial charge in [-0.1, -0.05) is 0 Å². The summed E-state index contributed by atoms with van der Waals surface area (Å²) in [6.45, 7) is 6.19. The van der Waals surface area contributed by atoms with Gasteiger partial charge in [0.1, 0.15) is 5.82 Å². The molecule has 1 saturated carbocycles. The number of rotatable bonds is 6. The van der Waals surface area contributed by atoms with E-state index in [1.165, 1.54) is 6.07 Å². The Labute approximate surface area is 159 Å². The van der Waals surface area contributed by atoms with Gasteiger partial charge in [-0.05, 0) is 56.9 Å². The van der Waals surface area contributed by atoms with E-state index in [4.69, 9.17) is 0 Å². The van der Waals surface area contributed by atoms with Gasteiger partial charge in [0.2, 0.25) is 11.8 Å². The molecular weight excluding hydrogens is 347 g/mol. The van der Waals surface area contributed by atoms with Crippen LogP contribution in [-0.2, 0) is 9.59 Å². The van der Waals surface area contributed by atoms with E-state index in [0.29, 0.717) is 36.4 Å². The van der Waals surface area contributed by atoms with Crippen LogP contribution in [0.2, 0.25) is 0 Å². The zero-order valence-corrected chi connectivity index (χ0v) is 15.9. The van der Waals surface area contributed by atoms with E-state index >= 15 is 0 Å². The normalized spacial score (nSPS) is 26.2. The number of nitrogens with zero attached hydrogens (tertiary/aromatic N) is 2. The zero-order chi connectivity index (χ0) is 19.2. The van der Waals surface area contributed by atoms with Crippen molar-refractivity contribution in [1.82, 2.24) is 15.1 Å². The average Bonchev–Trinajstić information content (AvgIpc) is 3.00. The van der Waals surface area contributed by atoms with Crippen LogP contribution in [0.5, 0.6) is 0 Å². The van der Waals surface area contributed by atoms with Crippen molar-refractivity contribution >= 4 is 17.5 Å². The van der Waals surface area contributed by atoms with Crippen molar-refractivity contribution in [2.45, 2.75) is 50.7 Å². The molecule has 2 unspecified atom stereocenters. The fourth-order valence-electron chi connectivity index (χ4n) is 4.20. The first-order chi connectivity index (χ1) is 12.8. The summed E-state index contributed by atoms with van der Waals surface area (Å²) in [5.41, 5.74) is 1.16. The van der Waals surface area contributed by atoms with Crippen molar-refractivity contribution in [2.75, 3.05) is 31.5 Å². The minimum atomic E-state index is -0.273. The Hall–Kier alpha value is -1.99. The number of benzene rings is 1. The zero-order valence-electron chi connectivity index (χ0n) is 15.9. The number of carbonyl (C=O) groups is 2. The first-order valence-electron chi connectivity index (χ1n) is 9.66. The minimum absolute atomic E-state index is 0.0264. The molecule has 0 spiro atoms. The maximum atomic E-state index is 13.3. The molecule has 7 heteroatoms. The van der Waals surface area contributed by atoms with E-state index in [9.17, 15) is 14.0 Å². The summed E-state index contributed by atoms with van der Waals surface area (Å²) < 4.78 is 13.3. The van der Waals surface area contributed by atoms with Gasteiger partial charge in [-0.3, -0.25) is 19.4 Å². The Bertz CT molecular complexity index is 764. The van der Waals surface area contributed by atoms with E-state index in [-0.39, 0.29) is 23.2 Å². The quantitative estimate of drug-likeness (QED) is 0.792. The van der Waals surface area contributed by atoms with Gasteiger partial charge in [-0.25, -0.2) is 4.39 Å². The van der Waals surface area contributed by atoms with Crippen LogP contribution < -0.4 is 10.6 Å². The minimum Gasteiger partial charge on any atom is -0.350 e. The van der Waals surface area contributed by atoms with E-state index in [0.717, 1.165) is 32.4 Å². The van der Waals surface area contributed by atoms with Crippen LogP contribution in [0, 0.1) is 12.7 Å². The van der Waals surface area contributed by atoms with Gasteiger partial charge >= 0.3 is 0 Å². The summed E-state index contributed by atoms with van der Waals surface area (Å²) in [6, 6.07) is 5.25. The van der Waals surface area contributed by atoms with Crippen LogP contribution in [0.15, 0.2) is 18.2 Å². The summed E-state index contributed by atoms with van der Waals surface area (Å²) >= 11 is 0. The van der Waals surface area contributed by atoms with Crippen molar-refractivity contribution < 1.29 is 14.0 Å². The average molecular weight is 374 g/mol. The predicted molar refractivity (Wildman–Crippen MR) is 101 cm³/mol. The largest absolute Gasteiger partial charge is 0.350 e. The molecule has 2 N–H and O–H groups in total. The third-order valence-electron chi connectivity index (χ3n) is 6.04. The van der Waals surface area contributed by atoms with Crippen LogP contribution in [-0.4, -0.2) is 65.4 Å². The molecule has 3 fully saturated rings. The van der Waals surface area contributed by atoms with Crippen LogP contribution in [0.3, 0.4) is 0 Å². The van der Waals surface area contributed by atoms with Gasteiger partial charge in [0.05, 0.1) is 13.1 Å². The number of hydrogen-bond acceptors (Lipinski definition) is 4. The second-order valence-electron chi connectivity index (χ2n) is 8.52. The van der Waals surface area contributed by atoms with Crippen LogP contribution >= 0.6 is 0 Å². The van der Waals surface area contributed by atoms with Gasteiger partial charge in [0, 0.05) is 36.4 Å². The molecule has 2 heterocycles. The second-order valence-corrected chi connectivity index (χ2v) is 8.52. The lowest BCUT2D eigenvalue weighted by atomic mass is 10.2. The molecule has 0 radical (unpaired) electrons. The highest BCUT2D eigenvalue weighted by Gasteiger charge is 2.45. The second kappa shape index (κ2) is 6.87. The number of halogens is 1. The lowest BCUT2D eigenvalue weighted by Crippen LogP contribution is -2.51. The highest BCUT2D eigenvalue weighted by molar-refractivity contribution is 5.92. The number of likely N-dealkylation sites (tertiary alicyclic amines) is 2. The molecule has 2 amide bonds. The summed E-state index contributed by atoms with van der Waals surface area (Å²) in [6.07, 6.45) is 3.15. The van der Waals surface area contributed by atoms with Crippen molar-refractivity contribution in [3.8, 4) is 0 Å². The Morgan fingerprint density at radius 1 is 1.15 bits per heavy atom. The number of nitrogens with one attached hydrogen (secondary N) is 2. The van der Waals surface area contributed by atoms with E-state index in [2.05, 4.69) is 27.4 Å². The van der Waals surface area contributed by atoms with E-state index < -0.39 is 0 Å². The highest BCUT2D eigenvalue weighted by atomic mass is 19.1. The smallest absolute Gasteiger partial charge is 0.238 e. The summed E-state index contributed by atoms with van der Waals surface area (Å²) in [4.78, 5) is 29.0.